The number of benzene rings is 3. The van der Waals surface area contributed by atoms with Crippen molar-refractivity contribution in [2.24, 2.45) is 5.73 Å². The molecule has 0 saturated heterocycles. The van der Waals surface area contributed by atoms with Gasteiger partial charge in [-0.25, -0.2) is 0 Å². The molecule has 2 N–H and O–H groups in total. The van der Waals surface area contributed by atoms with Crippen LogP contribution in [0.15, 0.2) is 76.5 Å². The van der Waals surface area contributed by atoms with Gasteiger partial charge in [0.05, 0.1) is 0 Å². The van der Waals surface area contributed by atoms with Crippen molar-refractivity contribution in [1.29, 1.82) is 0 Å². The molecule has 0 unspecified atom stereocenters. The van der Waals surface area contributed by atoms with E-state index in [0.717, 1.165) is 0 Å². The molecular formula is C18H17NS. The number of hydrogen-bond donors (Lipinski definition) is 1. The van der Waals surface area contributed by atoms with Gasteiger partial charge in [-0.2, -0.15) is 0 Å². The number of rotatable bonds is 3. The molecule has 0 saturated carbocycles. The van der Waals surface area contributed by atoms with Crippen LogP contribution in [0.4, 0.5) is 0 Å². The lowest BCUT2D eigenvalue weighted by atomic mass is 10.1. The number of nitrogens with two attached hydrogens (primary N) is 1. The topological polar surface area (TPSA) is 26.0 Å². The summed E-state index contributed by atoms with van der Waals surface area (Å²) in [6, 6.07) is 23.6. The van der Waals surface area contributed by atoms with Gasteiger partial charge in [0.25, 0.3) is 0 Å². The van der Waals surface area contributed by atoms with Crippen LogP contribution in [0, 0.1) is 0 Å². The first kappa shape index (κ1) is 13.2. The Kier molecular flexibility index (Phi) is 3.77. The molecule has 0 aliphatic carbocycles. The van der Waals surface area contributed by atoms with Gasteiger partial charge in [0.1, 0.15) is 0 Å². The van der Waals surface area contributed by atoms with Crippen molar-refractivity contribution in [2.75, 3.05) is 0 Å². The lowest BCUT2D eigenvalue weighted by molar-refractivity contribution is 0.817. The molecule has 0 aliphatic heterocycles. The first-order valence-electron chi connectivity index (χ1n) is 6.74. The zero-order valence-corrected chi connectivity index (χ0v) is 12.2. The second-order valence-electron chi connectivity index (χ2n) is 4.97. The lowest BCUT2D eigenvalue weighted by Gasteiger charge is -2.07. The molecule has 0 spiro atoms. The zero-order chi connectivity index (χ0) is 13.9. The van der Waals surface area contributed by atoms with Crippen molar-refractivity contribution in [2.45, 2.75) is 22.8 Å². The summed E-state index contributed by atoms with van der Waals surface area (Å²) in [5.74, 6) is 0. The highest BCUT2D eigenvalue weighted by atomic mass is 32.2. The van der Waals surface area contributed by atoms with Gasteiger partial charge in [-0.05, 0) is 47.5 Å². The molecular weight excluding hydrogens is 262 g/mol. The van der Waals surface area contributed by atoms with Gasteiger partial charge in [0.2, 0.25) is 0 Å². The Bertz CT molecular complexity index is 717. The minimum Gasteiger partial charge on any atom is -0.324 e. The average molecular weight is 279 g/mol. The summed E-state index contributed by atoms with van der Waals surface area (Å²) in [6.07, 6.45) is 0. The Morgan fingerprint density at radius 2 is 1.45 bits per heavy atom. The first-order valence-corrected chi connectivity index (χ1v) is 7.56. The summed E-state index contributed by atoms with van der Waals surface area (Å²) >= 11 is 1.78. The third-order valence-electron chi connectivity index (χ3n) is 3.36. The summed E-state index contributed by atoms with van der Waals surface area (Å²) < 4.78 is 0. The van der Waals surface area contributed by atoms with Crippen LogP contribution in [0.1, 0.15) is 18.5 Å². The fraction of sp³-hybridized carbons (Fsp3) is 0.111. The maximum atomic E-state index is 5.87. The van der Waals surface area contributed by atoms with Gasteiger partial charge < -0.3 is 5.73 Å². The highest BCUT2D eigenvalue weighted by molar-refractivity contribution is 7.99. The van der Waals surface area contributed by atoms with Crippen molar-refractivity contribution in [3.05, 3.63) is 72.3 Å². The highest BCUT2D eigenvalue weighted by Crippen LogP contribution is 2.30. The van der Waals surface area contributed by atoms with Crippen molar-refractivity contribution in [3.8, 4) is 0 Å². The van der Waals surface area contributed by atoms with Crippen molar-refractivity contribution >= 4 is 22.5 Å². The van der Waals surface area contributed by atoms with E-state index in [9.17, 15) is 0 Å². The first-order chi connectivity index (χ1) is 9.72. The van der Waals surface area contributed by atoms with Gasteiger partial charge >= 0.3 is 0 Å². The van der Waals surface area contributed by atoms with Gasteiger partial charge in [-0.1, -0.05) is 54.2 Å². The Morgan fingerprint density at radius 3 is 2.15 bits per heavy atom. The Morgan fingerprint density at radius 1 is 0.800 bits per heavy atom. The van der Waals surface area contributed by atoms with Crippen LogP contribution in [0.25, 0.3) is 10.8 Å². The van der Waals surface area contributed by atoms with E-state index in [1.54, 1.807) is 11.8 Å². The molecule has 3 rings (SSSR count). The fourth-order valence-corrected chi connectivity index (χ4v) is 3.07. The molecule has 1 atom stereocenters. The molecule has 0 aliphatic rings. The zero-order valence-electron chi connectivity index (χ0n) is 11.4. The monoisotopic (exact) mass is 279 g/mol. The molecule has 0 fully saturated rings. The van der Waals surface area contributed by atoms with Crippen LogP contribution in [0.3, 0.4) is 0 Å². The van der Waals surface area contributed by atoms with Crippen molar-refractivity contribution in [1.82, 2.24) is 0 Å². The SMILES string of the molecule is C[C@H](N)c1ccc(Sc2ccc3ccccc3c2)cc1. The number of hydrogen-bond acceptors (Lipinski definition) is 2. The summed E-state index contributed by atoms with van der Waals surface area (Å²) in [4.78, 5) is 2.50. The second-order valence-corrected chi connectivity index (χ2v) is 6.12. The van der Waals surface area contributed by atoms with Crippen molar-refractivity contribution in [3.63, 3.8) is 0 Å². The Labute approximate surface area is 123 Å². The van der Waals surface area contributed by atoms with Crippen LogP contribution in [0.5, 0.6) is 0 Å². The summed E-state index contributed by atoms with van der Waals surface area (Å²) in [6.45, 7) is 2.01. The second kappa shape index (κ2) is 5.70. The fourth-order valence-electron chi connectivity index (χ4n) is 2.21. The van der Waals surface area contributed by atoms with E-state index in [1.807, 2.05) is 6.92 Å². The van der Waals surface area contributed by atoms with E-state index in [0.29, 0.717) is 0 Å². The predicted molar refractivity (Wildman–Crippen MR) is 87.1 cm³/mol. The van der Waals surface area contributed by atoms with E-state index in [1.165, 1.54) is 26.1 Å². The maximum Gasteiger partial charge on any atom is 0.0266 e. The third-order valence-corrected chi connectivity index (χ3v) is 4.36. The largest absolute Gasteiger partial charge is 0.324 e. The molecule has 0 radical (unpaired) electrons. The standard InChI is InChI=1S/C18H17NS/c1-13(19)14-6-9-17(10-7-14)20-18-11-8-15-4-2-3-5-16(15)12-18/h2-13H,19H2,1H3/t13-/m0/s1. The smallest absolute Gasteiger partial charge is 0.0266 e. The van der Waals surface area contributed by atoms with Gasteiger partial charge in [-0.15, -0.1) is 0 Å². The summed E-state index contributed by atoms with van der Waals surface area (Å²) in [5, 5.41) is 2.56. The molecule has 0 bridgehead atoms. The lowest BCUT2D eigenvalue weighted by Crippen LogP contribution is -2.04. The summed E-state index contributed by atoms with van der Waals surface area (Å²) in [5.41, 5.74) is 7.05. The van der Waals surface area contributed by atoms with E-state index < -0.39 is 0 Å². The normalized spacial score (nSPS) is 12.5. The summed E-state index contributed by atoms with van der Waals surface area (Å²) in [7, 11) is 0. The van der Waals surface area contributed by atoms with Crippen LogP contribution in [-0.4, -0.2) is 0 Å². The van der Waals surface area contributed by atoms with E-state index in [2.05, 4.69) is 66.7 Å². The Hall–Kier alpha value is -1.77. The average Bonchev–Trinajstić information content (AvgIpc) is 2.48. The van der Waals surface area contributed by atoms with Crippen LogP contribution < -0.4 is 5.73 Å². The Balaban J connectivity index is 1.85. The van der Waals surface area contributed by atoms with Gasteiger partial charge in [0, 0.05) is 15.8 Å². The highest BCUT2D eigenvalue weighted by Gasteiger charge is 2.02. The van der Waals surface area contributed by atoms with E-state index in [4.69, 9.17) is 5.73 Å². The quantitative estimate of drug-likeness (QED) is 0.729. The molecule has 3 aromatic carbocycles. The molecule has 0 amide bonds. The molecule has 100 valence electrons. The molecule has 3 aromatic rings. The predicted octanol–water partition coefficient (Wildman–Crippen LogP) is 5.01. The van der Waals surface area contributed by atoms with Gasteiger partial charge in [0.15, 0.2) is 0 Å². The maximum absolute atomic E-state index is 5.87. The molecule has 0 heterocycles. The molecule has 0 aromatic heterocycles. The molecule has 20 heavy (non-hydrogen) atoms. The number of fused-ring (bicyclic) bond motifs is 1. The van der Waals surface area contributed by atoms with Crippen molar-refractivity contribution < 1.29 is 0 Å². The molecule has 2 heteroatoms. The minimum absolute atomic E-state index is 0.0923. The van der Waals surface area contributed by atoms with Crippen LogP contribution in [-0.2, 0) is 0 Å². The molecule has 1 nitrogen and oxygen atoms in total. The van der Waals surface area contributed by atoms with Gasteiger partial charge in [-0.3, -0.25) is 0 Å². The van der Waals surface area contributed by atoms with Crippen LogP contribution in [0.2, 0.25) is 0 Å². The minimum atomic E-state index is 0.0923. The van der Waals surface area contributed by atoms with E-state index in [-0.39, 0.29) is 6.04 Å². The van der Waals surface area contributed by atoms with E-state index >= 15 is 0 Å². The van der Waals surface area contributed by atoms with Crippen LogP contribution >= 0.6 is 11.8 Å². The third kappa shape index (κ3) is 2.87.